The van der Waals surface area contributed by atoms with E-state index in [1.807, 2.05) is 71.6 Å². The standard InChI is InChI=1S/C24H20N4O/c25-23(29)21-14-17-10-4-5-11-18(17)15-28(21)24-26-20-13-7-6-12-19(20)22(27-24)16-8-2-1-3-9-16/h1-13,21H,14-15H2,(H2,25,29)/t21-/m0/s1. The number of hydrogen-bond donors (Lipinski definition) is 1. The van der Waals surface area contributed by atoms with Crippen molar-refractivity contribution in [2.24, 2.45) is 5.73 Å². The molecule has 3 aromatic carbocycles. The first kappa shape index (κ1) is 17.4. The molecule has 1 aromatic heterocycles. The minimum Gasteiger partial charge on any atom is -0.368 e. The van der Waals surface area contributed by atoms with Crippen LogP contribution in [-0.2, 0) is 17.8 Å². The van der Waals surface area contributed by atoms with E-state index < -0.39 is 6.04 Å². The SMILES string of the molecule is NC(=O)[C@@H]1Cc2ccccc2CN1c1nc(-c2ccccc2)c2ccccc2n1. The van der Waals surface area contributed by atoms with E-state index in [4.69, 9.17) is 15.7 Å². The molecule has 5 nitrogen and oxygen atoms in total. The summed E-state index contributed by atoms with van der Waals surface area (Å²) in [5.41, 5.74) is 10.8. The number of amides is 1. The van der Waals surface area contributed by atoms with Crippen molar-refractivity contribution >= 4 is 22.8 Å². The highest BCUT2D eigenvalue weighted by molar-refractivity contribution is 5.93. The summed E-state index contributed by atoms with van der Waals surface area (Å²) >= 11 is 0. The van der Waals surface area contributed by atoms with Crippen LogP contribution in [0.3, 0.4) is 0 Å². The summed E-state index contributed by atoms with van der Waals surface area (Å²) < 4.78 is 0. The Morgan fingerprint density at radius 3 is 2.34 bits per heavy atom. The average molecular weight is 380 g/mol. The molecule has 1 aliphatic heterocycles. The summed E-state index contributed by atoms with van der Waals surface area (Å²) in [6.45, 7) is 0.552. The summed E-state index contributed by atoms with van der Waals surface area (Å²) in [7, 11) is 0. The first-order valence-corrected chi connectivity index (χ1v) is 9.65. The molecule has 2 N–H and O–H groups in total. The number of nitrogens with zero attached hydrogens (tertiary/aromatic N) is 3. The minimum atomic E-state index is -0.477. The van der Waals surface area contributed by atoms with Crippen LogP contribution in [0.25, 0.3) is 22.2 Å². The lowest BCUT2D eigenvalue weighted by Crippen LogP contribution is -2.49. The molecule has 142 valence electrons. The molecule has 0 unspecified atom stereocenters. The maximum Gasteiger partial charge on any atom is 0.240 e. The number of fused-ring (bicyclic) bond motifs is 2. The van der Waals surface area contributed by atoms with Gasteiger partial charge in [0.05, 0.1) is 11.2 Å². The fourth-order valence-electron chi connectivity index (χ4n) is 4.00. The largest absolute Gasteiger partial charge is 0.368 e. The average Bonchev–Trinajstić information content (AvgIpc) is 2.78. The van der Waals surface area contributed by atoms with Crippen molar-refractivity contribution in [3.63, 3.8) is 0 Å². The number of benzene rings is 3. The molecule has 0 saturated heterocycles. The molecule has 0 bridgehead atoms. The van der Waals surface area contributed by atoms with Crippen molar-refractivity contribution in [1.82, 2.24) is 9.97 Å². The summed E-state index contributed by atoms with van der Waals surface area (Å²) in [5.74, 6) is 0.165. The number of para-hydroxylation sites is 1. The van der Waals surface area contributed by atoms with Gasteiger partial charge in [0.15, 0.2) is 0 Å². The topological polar surface area (TPSA) is 72.1 Å². The predicted molar refractivity (Wildman–Crippen MR) is 114 cm³/mol. The zero-order valence-corrected chi connectivity index (χ0v) is 15.8. The number of carbonyl (C=O) groups excluding carboxylic acids is 1. The first-order chi connectivity index (χ1) is 14.2. The van der Waals surface area contributed by atoms with E-state index >= 15 is 0 Å². The number of aromatic nitrogens is 2. The van der Waals surface area contributed by atoms with Gasteiger partial charge in [-0.2, -0.15) is 0 Å². The molecule has 1 aliphatic rings. The maximum absolute atomic E-state index is 12.3. The highest BCUT2D eigenvalue weighted by Crippen LogP contribution is 2.31. The van der Waals surface area contributed by atoms with Gasteiger partial charge >= 0.3 is 0 Å². The van der Waals surface area contributed by atoms with Crippen LogP contribution in [-0.4, -0.2) is 21.9 Å². The Labute approximate surface area is 168 Å². The van der Waals surface area contributed by atoms with Gasteiger partial charge in [0.2, 0.25) is 11.9 Å². The van der Waals surface area contributed by atoms with Crippen LogP contribution in [0.4, 0.5) is 5.95 Å². The van der Waals surface area contributed by atoms with Crippen LogP contribution in [0.5, 0.6) is 0 Å². The summed E-state index contributed by atoms with van der Waals surface area (Å²) in [6, 6.07) is 25.7. The number of anilines is 1. The Hall–Kier alpha value is -3.73. The Morgan fingerprint density at radius 2 is 1.55 bits per heavy atom. The van der Waals surface area contributed by atoms with E-state index in [0.29, 0.717) is 18.9 Å². The summed E-state index contributed by atoms with van der Waals surface area (Å²) in [5, 5.41) is 0.982. The van der Waals surface area contributed by atoms with E-state index in [0.717, 1.165) is 27.7 Å². The zero-order valence-electron chi connectivity index (χ0n) is 15.8. The fraction of sp³-hybridized carbons (Fsp3) is 0.125. The Morgan fingerprint density at radius 1 is 0.862 bits per heavy atom. The molecular formula is C24H20N4O. The number of nitrogens with two attached hydrogens (primary N) is 1. The quantitative estimate of drug-likeness (QED) is 0.588. The zero-order chi connectivity index (χ0) is 19.8. The van der Waals surface area contributed by atoms with Gasteiger partial charge in [0.25, 0.3) is 0 Å². The first-order valence-electron chi connectivity index (χ1n) is 9.65. The monoisotopic (exact) mass is 380 g/mol. The summed E-state index contributed by atoms with van der Waals surface area (Å²) in [4.78, 5) is 23.9. The molecule has 29 heavy (non-hydrogen) atoms. The molecule has 0 radical (unpaired) electrons. The molecular weight excluding hydrogens is 360 g/mol. The van der Waals surface area contributed by atoms with Crippen LogP contribution >= 0.6 is 0 Å². The third kappa shape index (κ3) is 3.10. The molecule has 1 amide bonds. The highest BCUT2D eigenvalue weighted by Gasteiger charge is 2.32. The van der Waals surface area contributed by atoms with Crippen molar-refractivity contribution in [3.8, 4) is 11.3 Å². The molecule has 4 aromatic rings. The van der Waals surface area contributed by atoms with Gasteiger partial charge in [0, 0.05) is 23.9 Å². The minimum absolute atomic E-state index is 0.363. The van der Waals surface area contributed by atoms with Gasteiger partial charge in [-0.05, 0) is 17.2 Å². The second kappa shape index (κ2) is 7.02. The van der Waals surface area contributed by atoms with E-state index in [9.17, 15) is 4.79 Å². The number of primary amides is 1. The molecule has 0 saturated carbocycles. The second-order valence-electron chi connectivity index (χ2n) is 7.27. The van der Waals surface area contributed by atoms with Crippen molar-refractivity contribution in [3.05, 3.63) is 90.0 Å². The predicted octanol–water partition coefficient (Wildman–Crippen LogP) is 3.71. The van der Waals surface area contributed by atoms with Crippen LogP contribution in [0.2, 0.25) is 0 Å². The maximum atomic E-state index is 12.3. The van der Waals surface area contributed by atoms with Gasteiger partial charge in [0.1, 0.15) is 6.04 Å². The highest BCUT2D eigenvalue weighted by atomic mass is 16.1. The Balaban J connectivity index is 1.69. The molecule has 2 heterocycles. The third-order valence-corrected chi connectivity index (χ3v) is 5.47. The molecule has 0 fully saturated rings. The number of hydrogen-bond acceptors (Lipinski definition) is 4. The van der Waals surface area contributed by atoms with Gasteiger partial charge in [-0.25, -0.2) is 9.97 Å². The molecule has 5 rings (SSSR count). The van der Waals surface area contributed by atoms with Crippen molar-refractivity contribution < 1.29 is 4.79 Å². The van der Waals surface area contributed by atoms with Crippen molar-refractivity contribution in [2.45, 2.75) is 19.0 Å². The summed E-state index contributed by atoms with van der Waals surface area (Å²) in [6.07, 6.45) is 0.558. The lowest BCUT2D eigenvalue weighted by atomic mass is 9.94. The third-order valence-electron chi connectivity index (χ3n) is 5.47. The normalized spacial score (nSPS) is 15.9. The van der Waals surface area contributed by atoms with Crippen LogP contribution in [0, 0.1) is 0 Å². The van der Waals surface area contributed by atoms with Gasteiger partial charge in [-0.1, -0.05) is 72.8 Å². The molecule has 0 aliphatic carbocycles. The molecule has 0 spiro atoms. The lowest BCUT2D eigenvalue weighted by Gasteiger charge is -2.35. The Bertz CT molecular complexity index is 1210. The van der Waals surface area contributed by atoms with Crippen LogP contribution in [0.1, 0.15) is 11.1 Å². The lowest BCUT2D eigenvalue weighted by molar-refractivity contribution is -0.119. The van der Waals surface area contributed by atoms with Gasteiger partial charge in [-0.3, -0.25) is 4.79 Å². The number of rotatable bonds is 3. The van der Waals surface area contributed by atoms with Crippen molar-refractivity contribution in [1.29, 1.82) is 0 Å². The number of carbonyl (C=O) groups is 1. The molecule has 5 heteroatoms. The molecule has 1 atom stereocenters. The smallest absolute Gasteiger partial charge is 0.240 e. The van der Waals surface area contributed by atoms with E-state index in [1.165, 1.54) is 5.56 Å². The second-order valence-corrected chi connectivity index (χ2v) is 7.27. The van der Waals surface area contributed by atoms with Crippen molar-refractivity contribution in [2.75, 3.05) is 4.90 Å². The van der Waals surface area contributed by atoms with E-state index in [1.54, 1.807) is 0 Å². The fourth-order valence-corrected chi connectivity index (χ4v) is 4.00. The van der Waals surface area contributed by atoms with E-state index in [-0.39, 0.29) is 5.91 Å². The Kier molecular flexibility index (Phi) is 4.21. The van der Waals surface area contributed by atoms with Crippen LogP contribution < -0.4 is 10.6 Å². The van der Waals surface area contributed by atoms with E-state index in [2.05, 4.69) is 12.1 Å². The van der Waals surface area contributed by atoms with Crippen LogP contribution in [0.15, 0.2) is 78.9 Å². The van der Waals surface area contributed by atoms with Gasteiger partial charge in [-0.15, -0.1) is 0 Å². The van der Waals surface area contributed by atoms with Gasteiger partial charge < -0.3 is 10.6 Å².